The van der Waals surface area contributed by atoms with Crippen LogP contribution in [0.1, 0.15) is 20.8 Å². The van der Waals surface area contributed by atoms with Crippen molar-refractivity contribution in [3.8, 4) is 0 Å². The van der Waals surface area contributed by atoms with E-state index >= 15 is 0 Å². The van der Waals surface area contributed by atoms with Gasteiger partial charge in [-0.1, -0.05) is 0 Å². The minimum atomic E-state index is -0.489. The second-order valence-electron chi connectivity index (χ2n) is 3.78. The van der Waals surface area contributed by atoms with E-state index in [1.807, 2.05) is 20.8 Å². The molecule has 0 saturated carbocycles. The molecule has 0 aliphatic carbocycles. The first-order valence-corrected chi connectivity index (χ1v) is 4.29. The van der Waals surface area contributed by atoms with Crippen molar-refractivity contribution < 1.29 is 9.53 Å². The number of nitrogens with one attached hydrogen (secondary N) is 1. The molecule has 0 bridgehead atoms. The van der Waals surface area contributed by atoms with Crippen LogP contribution in [0.15, 0.2) is 18.5 Å². The summed E-state index contributed by atoms with van der Waals surface area (Å²) in [5.41, 5.74) is 0.0613. The van der Waals surface area contributed by atoms with Crippen LogP contribution in [-0.4, -0.2) is 16.7 Å². The highest BCUT2D eigenvalue weighted by Gasteiger charge is 2.15. The molecule has 1 aromatic heterocycles. The summed E-state index contributed by atoms with van der Waals surface area (Å²) < 4.78 is 5.05. The lowest BCUT2D eigenvalue weighted by Gasteiger charge is -2.19. The topological polar surface area (TPSA) is 51.2 Å². The highest BCUT2D eigenvalue weighted by molar-refractivity contribution is 5.84. The van der Waals surface area contributed by atoms with E-state index < -0.39 is 11.7 Å². The summed E-state index contributed by atoms with van der Waals surface area (Å²) in [4.78, 5) is 15.0. The maximum Gasteiger partial charge on any atom is 0.412 e. The Morgan fingerprint density at radius 3 is 2.79 bits per heavy atom. The van der Waals surface area contributed by atoms with Crippen LogP contribution in [0, 0.1) is 6.07 Å². The molecule has 0 unspecified atom stereocenters. The van der Waals surface area contributed by atoms with Gasteiger partial charge in [-0.15, -0.1) is 0 Å². The third kappa shape index (κ3) is 3.89. The van der Waals surface area contributed by atoms with E-state index in [1.165, 1.54) is 6.20 Å². The smallest absolute Gasteiger partial charge is 0.412 e. The Bertz CT molecular complexity index is 304. The fourth-order valence-electron chi connectivity index (χ4n) is 0.807. The van der Waals surface area contributed by atoms with Crippen molar-refractivity contribution in [3.63, 3.8) is 0 Å². The van der Waals surface area contributed by atoms with E-state index in [0.717, 1.165) is 0 Å². The molecule has 1 amide bonds. The summed E-state index contributed by atoms with van der Waals surface area (Å²) in [5, 5.41) is 2.54. The number of hydrogen-bond donors (Lipinski definition) is 1. The molecule has 0 aromatic carbocycles. The number of anilines is 1. The fourth-order valence-corrected chi connectivity index (χ4v) is 0.807. The van der Waals surface area contributed by atoms with Crippen LogP contribution in [0.3, 0.4) is 0 Å². The number of pyridine rings is 1. The number of carbonyl (C=O) groups excluding carboxylic acids is 1. The van der Waals surface area contributed by atoms with Crippen LogP contribution in [0.2, 0.25) is 0 Å². The third-order valence-electron chi connectivity index (χ3n) is 1.26. The Morgan fingerprint density at radius 2 is 2.29 bits per heavy atom. The Kier molecular flexibility index (Phi) is 3.06. The third-order valence-corrected chi connectivity index (χ3v) is 1.26. The molecule has 1 rings (SSSR count). The second kappa shape index (κ2) is 4.09. The second-order valence-corrected chi connectivity index (χ2v) is 3.78. The normalized spacial score (nSPS) is 10.8. The summed E-state index contributed by atoms with van der Waals surface area (Å²) in [6, 6.07) is 4.40. The van der Waals surface area contributed by atoms with E-state index in [2.05, 4.69) is 16.4 Å². The van der Waals surface area contributed by atoms with Gasteiger partial charge in [-0.25, -0.2) is 4.79 Å². The Hall–Kier alpha value is -1.58. The Balaban J connectivity index is 2.50. The molecule has 4 heteroatoms. The molecule has 0 saturated heterocycles. The van der Waals surface area contributed by atoms with Gasteiger partial charge in [0.05, 0.1) is 5.69 Å². The SMILES string of the molecule is CC(C)(C)OC(=O)Nc1[c]cncc1. The molecule has 0 aliphatic heterocycles. The van der Waals surface area contributed by atoms with Crippen molar-refractivity contribution in [2.24, 2.45) is 0 Å². The maximum atomic E-state index is 11.3. The first-order valence-electron chi connectivity index (χ1n) is 4.29. The Labute approximate surface area is 83.3 Å². The van der Waals surface area contributed by atoms with Gasteiger partial charge in [-0.2, -0.15) is 0 Å². The average molecular weight is 193 g/mol. The van der Waals surface area contributed by atoms with Gasteiger partial charge in [0.25, 0.3) is 0 Å². The van der Waals surface area contributed by atoms with E-state index in [1.54, 1.807) is 12.3 Å². The molecule has 0 fully saturated rings. The quantitative estimate of drug-likeness (QED) is 0.744. The number of aromatic nitrogens is 1. The molecule has 1 N–H and O–H groups in total. The number of carbonyl (C=O) groups is 1. The lowest BCUT2D eigenvalue weighted by Crippen LogP contribution is -2.27. The monoisotopic (exact) mass is 193 g/mol. The highest BCUT2D eigenvalue weighted by atomic mass is 16.6. The number of amides is 1. The van der Waals surface area contributed by atoms with E-state index in [0.29, 0.717) is 5.69 Å². The summed E-state index contributed by atoms with van der Waals surface area (Å²) in [7, 11) is 0. The first kappa shape index (κ1) is 10.5. The van der Waals surface area contributed by atoms with Crippen molar-refractivity contribution in [2.75, 3.05) is 5.32 Å². The molecular formula is C10H13N2O2. The Morgan fingerprint density at radius 1 is 1.57 bits per heavy atom. The van der Waals surface area contributed by atoms with Crippen LogP contribution in [-0.2, 0) is 4.74 Å². The molecule has 1 heterocycles. The predicted molar refractivity (Wildman–Crippen MR) is 52.9 cm³/mol. The van der Waals surface area contributed by atoms with E-state index in [-0.39, 0.29) is 0 Å². The van der Waals surface area contributed by atoms with Crippen molar-refractivity contribution in [1.29, 1.82) is 0 Å². The number of rotatable bonds is 1. The van der Waals surface area contributed by atoms with Crippen molar-refractivity contribution in [3.05, 3.63) is 24.5 Å². The van der Waals surface area contributed by atoms with Gasteiger partial charge in [0.1, 0.15) is 5.60 Å². The molecule has 1 aromatic rings. The predicted octanol–water partition coefficient (Wildman–Crippen LogP) is 2.23. The molecule has 4 nitrogen and oxygen atoms in total. The standard InChI is InChI=1S/C10H13N2O2/c1-10(2,3)14-9(13)12-8-4-6-11-7-5-8/h4,6-7H,1-3H3,(H,11,12,13). The zero-order valence-corrected chi connectivity index (χ0v) is 8.50. The van der Waals surface area contributed by atoms with Gasteiger partial charge in [-0.05, 0) is 26.8 Å². The minimum absolute atomic E-state index is 0.486. The van der Waals surface area contributed by atoms with Crippen LogP contribution in [0.5, 0.6) is 0 Å². The summed E-state index contributed by atoms with van der Waals surface area (Å²) in [6.45, 7) is 5.43. The lowest BCUT2D eigenvalue weighted by atomic mass is 10.2. The van der Waals surface area contributed by atoms with Crippen LogP contribution in [0.4, 0.5) is 10.5 Å². The van der Waals surface area contributed by atoms with Gasteiger partial charge >= 0.3 is 6.09 Å². The van der Waals surface area contributed by atoms with E-state index in [4.69, 9.17) is 4.74 Å². The minimum Gasteiger partial charge on any atom is -0.444 e. The number of nitrogens with zero attached hydrogens (tertiary/aromatic N) is 1. The van der Waals surface area contributed by atoms with Crippen molar-refractivity contribution >= 4 is 11.8 Å². The number of ether oxygens (including phenoxy) is 1. The molecule has 0 spiro atoms. The molecule has 14 heavy (non-hydrogen) atoms. The van der Waals surface area contributed by atoms with E-state index in [9.17, 15) is 4.79 Å². The molecule has 1 radical (unpaired) electrons. The van der Waals surface area contributed by atoms with Crippen LogP contribution >= 0.6 is 0 Å². The average Bonchev–Trinajstić information content (AvgIpc) is 2.02. The zero-order valence-electron chi connectivity index (χ0n) is 8.50. The molecular weight excluding hydrogens is 180 g/mol. The molecule has 75 valence electrons. The van der Waals surface area contributed by atoms with Crippen molar-refractivity contribution in [1.82, 2.24) is 4.98 Å². The summed E-state index contributed by atoms with van der Waals surface area (Å²) >= 11 is 0. The van der Waals surface area contributed by atoms with Gasteiger partial charge in [0.2, 0.25) is 0 Å². The van der Waals surface area contributed by atoms with Crippen LogP contribution < -0.4 is 5.32 Å². The maximum absolute atomic E-state index is 11.3. The first-order chi connectivity index (χ1) is 6.47. The molecule has 0 aliphatic rings. The summed E-state index contributed by atoms with van der Waals surface area (Å²) in [6.07, 6.45) is 2.57. The van der Waals surface area contributed by atoms with Crippen LogP contribution in [0.25, 0.3) is 0 Å². The zero-order chi connectivity index (χ0) is 10.6. The van der Waals surface area contributed by atoms with Crippen molar-refractivity contribution in [2.45, 2.75) is 26.4 Å². The fraction of sp³-hybridized carbons (Fsp3) is 0.400. The number of hydrogen-bond acceptors (Lipinski definition) is 3. The van der Waals surface area contributed by atoms with Gasteiger partial charge < -0.3 is 4.74 Å². The largest absolute Gasteiger partial charge is 0.444 e. The van der Waals surface area contributed by atoms with Gasteiger partial charge in [0, 0.05) is 18.5 Å². The molecule has 0 atom stereocenters. The highest BCUT2D eigenvalue weighted by Crippen LogP contribution is 2.09. The van der Waals surface area contributed by atoms with Gasteiger partial charge in [-0.3, -0.25) is 10.3 Å². The lowest BCUT2D eigenvalue weighted by molar-refractivity contribution is 0.0636. The summed E-state index contributed by atoms with van der Waals surface area (Å²) in [5.74, 6) is 0. The van der Waals surface area contributed by atoms with Gasteiger partial charge in [0.15, 0.2) is 0 Å².